The number of pyridine rings is 1. The average Bonchev–Trinajstić information content (AvgIpc) is 3.35. The van der Waals surface area contributed by atoms with E-state index >= 15 is 0 Å². The molecule has 3 heterocycles. The zero-order chi connectivity index (χ0) is 18.9. The molecular formula is C21H31N5O. The standard InChI is InChI=1S/C21H31N5O/c1-3-22-21(24-13-11-18-8-4-5-12-23-18)25-16-19(26-14-6-7-15-26)20-10-9-17(2)27-20/h4-5,8-10,12,19H,3,6-7,11,13-16H2,1-2H3,(H2,22,24,25). The summed E-state index contributed by atoms with van der Waals surface area (Å²) in [6, 6.07) is 10.3. The fourth-order valence-corrected chi connectivity index (χ4v) is 3.45. The van der Waals surface area contributed by atoms with Gasteiger partial charge in [-0.3, -0.25) is 14.9 Å². The number of hydrogen-bond acceptors (Lipinski definition) is 4. The number of aryl methyl sites for hydroxylation is 1. The number of guanidine groups is 1. The van der Waals surface area contributed by atoms with Gasteiger partial charge in [-0.15, -0.1) is 0 Å². The number of aliphatic imine (C=N–C) groups is 1. The van der Waals surface area contributed by atoms with E-state index in [0.717, 1.165) is 55.8 Å². The first-order valence-corrected chi connectivity index (χ1v) is 9.98. The van der Waals surface area contributed by atoms with Crippen LogP contribution in [0.15, 0.2) is 45.9 Å². The molecule has 0 aromatic carbocycles. The first kappa shape index (κ1) is 19.4. The van der Waals surface area contributed by atoms with Crippen molar-refractivity contribution in [3.63, 3.8) is 0 Å². The third-order valence-corrected chi connectivity index (χ3v) is 4.84. The van der Waals surface area contributed by atoms with Gasteiger partial charge < -0.3 is 15.1 Å². The zero-order valence-corrected chi connectivity index (χ0v) is 16.4. The highest BCUT2D eigenvalue weighted by molar-refractivity contribution is 5.79. The molecule has 2 aromatic rings. The SMILES string of the molecule is CCNC(=NCC(c1ccc(C)o1)N1CCCC1)NCCc1ccccn1. The van der Waals surface area contributed by atoms with Crippen molar-refractivity contribution in [1.29, 1.82) is 0 Å². The van der Waals surface area contributed by atoms with E-state index in [0.29, 0.717) is 6.54 Å². The van der Waals surface area contributed by atoms with E-state index in [-0.39, 0.29) is 6.04 Å². The van der Waals surface area contributed by atoms with E-state index in [2.05, 4.69) is 33.5 Å². The second-order valence-corrected chi connectivity index (χ2v) is 6.92. The molecule has 1 aliphatic rings. The van der Waals surface area contributed by atoms with E-state index in [9.17, 15) is 0 Å². The van der Waals surface area contributed by atoms with Gasteiger partial charge in [0.1, 0.15) is 11.5 Å². The van der Waals surface area contributed by atoms with Crippen LogP contribution in [0.3, 0.4) is 0 Å². The minimum atomic E-state index is 0.201. The Labute approximate surface area is 162 Å². The van der Waals surface area contributed by atoms with E-state index < -0.39 is 0 Å². The van der Waals surface area contributed by atoms with Gasteiger partial charge in [-0.25, -0.2) is 0 Å². The highest BCUT2D eigenvalue weighted by atomic mass is 16.3. The number of furan rings is 1. The molecule has 6 nitrogen and oxygen atoms in total. The van der Waals surface area contributed by atoms with Gasteiger partial charge in [0, 0.05) is 31.4 Å². The first-order chi connectivity index (χ1) is 13.3. The molecular weight excluding hydrogens is 338 g/mol. The third kappa shape index (κ3) is 5.82. The molecule has 146 valence electrons. The van der Waals surface area contributed by atoms with Crippen molar-refractivity contribution in [2.75, 3.05) is 32.7 Å². The molecule has 3 rings (SSSR count). The van der Waals surface area contributed by atoms with Crippen molar-refractivity contribution in [2.45, 2.75) is 39.2 Å². The monoisotopic (exact) mass is 369 g/mol. The molecule has 27 heavy (non-hydrogen) atoms. The van der Waals surface area contributed by atoms with Crippen LogP contribution in [0.4, 0.5) is 0 Å². The maximum Gasteiger partial charge on any atom is 0.191 e. The Hall–Kier alpha value is -2.34. The van der Waals surface area contributed by atoms with Crippen LogP contribution >= 0.6 is 0 Å². The fourth-order valence-electron chi connectivity index (χ4n) is 3.45. The lowest BCUT2D eigenvalue weighted by Crippen LogP contribution is -2.39. The molecule has 1 fully saturated rings. The Balaban J connectivity index is 1.61. The Morgan fingerprint density at radius 1 is 1.22 bits per heavy atom. The quantitative estimate of drug-likeness (QED) is 0.553. The summed E-state index contributed by atoms with van der Waals surface area (Å²) >= 11 is 0. The van der Waals surface area contributed by atoms with E-state index in [1.54, 1.807) is 0 Å². The molecule has 1 aliphatic heterocycles. The third-order valence-electron chi connectivity index (χ3n) is 4.84. The van der Waals surface area contributed by atoms with Crippen molar-refractivity contribution in [3.8, 4) is 0 Å². The molecule has 0 spiro atoms. The van der Waals surface area contributed by atoms with Crippen LogP contribution in [0, 0.1) is 6.92 Å². The molecule has 1 saturated heterocycles. The number of aromatic nitrogens is 1. The van der Waals surface area contributed by atoms with Gasteiger partial charge in [-0.05, 0) is 64.0 Å². The first-order valence-electron chi connectivity index (χ1n) is 9.98. The molecule has 0 saturated carbocycles. The zero-order valence-electron chi connectivity index (χ0n) is 16.4. The van der Waals surface area contributed by atoms with Crippen molar-refractivity contribution in [3.05, 3.63) is 53.7 Å². The van der Waals surface area contributed by atoms with Crippen LogP contribution in [0.25, 0.3) is 0 Å². The summed E-state index contributed by atoms with van der Waals surface area (Å²) in [4.78, 5) is 11.7. The minimum Gasteiger partial charge on any atom is -0.465 e. The Morgan fingerprint density at radius 2 is 2.07 bits per heavy atom. The summed E-state index contributed by atoms with van der Waals surface area (Å²) < 4.78 is 5.93. The number of hydrogen-bond donors (Lipinski definition) is 2. The molecule has 6 heteroatoms. The van der Waals surface area contributed by atoms with Gasteiger partial charge in [0.05, 0.1) is 12.6 Å². The topological polar surface area (TPSA) is 65.7 Å². The number of rotatable bonds is 8. The van der Waals surface area contributed by atoms with Crippen LogP contribution in [0.5, 0.6) is 0 Å². The van der Waals surface area contributed by atoms with Crippen molar-refractivity contribution in [1.82, 2.24) is 20.5 Å². The summed E-state index contributed by atoms with van der Waals surface area (Å²) in [5.41, 5.74) is 1.09. The van der Waals surface area contributed by atoms with Gasteiger partial charge in [0.25, 0.3) is 0 Å². The van der Waals surface area contributed by atoms with Crippen LogP contribution in [-0.4, -0.2) is 48.6 Å². The Morgan fingerprint density at radius 3 is 2.74 bits per heavy atom. The minimum absolute atomic E-state index is 0.201. The predicted molar refractivity (Wildman–Crippen MR) is 109 cm³/mol. The second-order valence-electron chi connectivity index (χ2n) is 6.92. The Bertz CT molecular complexity index is 706. The normalized spacial score (nSPS) is 16.4. The van der Waals surface area contributed by atoms with E-state index in [1.165, 1.54) is 12.8 Å². The number of nitrogens with one attached hydrogen (secondary N) is 2. The van der Waals surface area contributed by atoms with Crippen molar-refractivity contribution in [2.24, 2.45) is 4.99 Å². The largest absolute Gasteiger partial charge is 0.465 e. The number of nitrogens with zero attached hydrogens (tertiary/aromatic N) is 3. The number of likely N-dealkylation sites (tertiary alicyclic amines) is 1. The molecule has 0 bridgehead atoms. The molecule has 0 amide bonds. The molecule has 1 atom stereocenters. The summed E-state index contributed by atoms with van der Waals surface area (Å²) in [6.07, 6.45) is 5.21. The molecule has 2 aromatic heterocycles. The maximum atomic E-state index is 5.93. The molecule has 1 unspecified atom stereocenters. The summed E-state index contributed by atoms with van der Waals surface area (Å²) in [6.45, 7) is 8.64. The Kier molecular flexibility index (Phi) is 7.27. The van der Waals surface area contributed by atoms with Gasteiger partial charge in [-0.1, -0.05) is 6.07 Å². The molecule has 2 N–H and O–H groups in total. The van der Waals surface area contributed by atoms with Crippen LogP contribution in [0.2, 0.25) is 0 Å². The van der Waals surface area contributed by atoms with Crippen molar-refractivity contribution >= 4 is 5.96 Å². The van der Waals surface area contributed by atoms with Crippen LogP contribution < -0.4 is 10.6 Å². The van der Waals surface area contributed by atoms with E-state index in [1.807, 2.05) is 37.4 Å². The van der Waals surface area contributed by atoms with Gasteiger partial charge in [0.2, 0.25) is 0 Å². The summed E-state index contributed by atoms with van der Waals surface area (Å²) in [5, 5.41) is 6.76. The predicted octanol–water partition coefficient (Wildman–Crippen LogP) is 2.92. The van der Waals surface area contributed by atoms with Gasteiger partial charge in [-0.2, -0.15) is 0 Å². The highest BCUT2D eigenvalue weighted by Crippen LogP contribution is 2.26. The summed E-state index contributed by atoms with van der Waals surface area (Å²) in [5.74, 6) is 2.82. The van der Waals surface area contributed by atoms with Gasteiger partial charge >= 0.3 is 0 Å². The van der Waals surface area contributed by atoms with E-state index in [4.69, 9.17) is 9.41 Å². The average molecular weight is 370 g/mol. The maximum absolute atomic E-state index is 5.93. The van der Waals surface area contributed by atoms with Gasteiger partial charge in [0.15, 0.2) is 5.96 Å². The van der Waals surface area contributed by atoms with Crippen molar-refractivity contribution < 1.29 is 4.42 Å². The highest BCUT2D eigenvalue weighted by Gasteiger charge is 2.25. The van der Waals surface area contributed by atoms with Crippen LogP contribution in [-0.2, 0) is 6.42 Å². The lowest BCUT2D eigenvalue weighted by Gasteiger charge is -2.24. The lowest BCUT2D eigenvalue weighted by atomic mass is 10.2. The fraction of sp³-hybridized carbons (Fsp3) is 0.524. The lowest BCUT2D eigenvalue weighted by molar-refractivity contribution is 0.219. The smallest absolute Gasteiger partial charge is 0.191 e. The molecule has 0 aliphatic carbocycles. The van der Waals surface area contributed by atoms with Crippen LogP contribution in [0.1, 0.15) is 43.0 Å². The summed E-state index contributed by atoms with van der Waals surface area (Å²) in [7, 11) is 0. The molecule has 0 radical (unpaired) electrons. The second kappa shape index (κ2) is 10.1.